The van der Waals surface area contributed by atoms with Crippen LogP contribution in [0.2, 0.25) is 5.02 Å². The lowest BCUT2D eigenvalue weighted by atomic mass is 10.1. The number of nitrogens with zero attached hydrogens (tertiary/aromatic N) is 1. The normalized spacial score (nSPS) is 11.4. The summed E-state index contributed by atoms with van der Waals surface area (Å²) >= 11 is 5.96. The van der Waals surface area contributed by atoms with E-state index in [1.165, 1.54) is 12.1 Å². The third-order valence-corrected chi connectivity index (χ3v) is 3.41. The number of rotatable bonds is 4. The summed E-state index contributed by atoms with van der Waals surface area (Å²) < 4.78 is 13.2. The molecule has 0 aliphatic carbocycles. The second-order valence-electron chi connectivity index (χ2n) is 4.68. The topological polar surface area (TPSA) is 85.2 Å². The number of halogens is 2. The van der Waals surface area contributed by atoms with Gasteiger partial charge in [-0.25, -0.2) is 9.18 Å². The third kappa shape index (κ3) is 4.42. The molecule has 3 N–H and O–H groups in total. The Hall–Kier alpha value is -2.62. The van der Waals surface area contributed by atoms with E-state index in [0.29, 0.717) is 10.6 Å². The molecule has 118 valence electrons. The number of aliphatic hydroxyl groups excluding tert-OH is 1. The first-order valence-electron chi connectivity index (χ1n) is 6.68. The van der Waals surface area contributed by atoms with Crippen molar-refractivity contribution in [1.29, 1.82) is 5.26 Å². The zero-order chi connectivity index (χ0) is 16.8. The van der Waals surface area contributed by atoms with Crippen LogP contribution in [0.4, 0.5) is 14.9 Å². The number of carbonyl (C=O) groups excluding carboxylic acids is 1. The number of urea groups is 1. The smallest absolute Gasteiger partial charge is 0.319 e. The van der Waals surface area contributed by atoms with Crippen molar-refractivity contribution < 1.29 is 14.3 Å². The quantitative estimate of drug-likeness (QED) is 0.803. The number of benzene rings is 2. The van der Waals surface area contributed by atoms with Crippen LogP contribution in [0.3, 0.4) is 0 Å². The number of aliphatic hydroxyl groups is 1. The number of anilines is 1. The summed E-state index contributed by atoms with van der Waals surface area (Å²) in [5.74, 6) is -0.660. The van der Waals surface area contributed by atoms with E-state index in [2.05, 4.69) is 10.6 Å². The molecule has 0 bridgehead atoms. The molecule has 2 aromatic carbocycles. The van der Waals surface area contributed by atoms with Crippen molar-refractivity contribution in [2.24, 2.45) is 0 Å². The van der Waals surface area contributed by atoms with Crippen LogP contribution in [-0.4, -0.2) is 17.7 Å². The molecule has 0 aromatic heterocycles. The van der Waals surface area contributed by atoms with Crippen LogP contribution in [0.1, 0.15) is 17.2 Å². The summed E-state index contributed by atoms with van der Waals surface area (Å²) in [6.45, 7) is -0.0537. The minimum Gasteiger partial charge on any atom is -0.387 e. The highest BCUT2D eigenvalue weighted by Gasteiger charge is 2.12. The van der Waals surface area contributed by atoms with Crippen molar-refractivity contribution in [3.8, 4) is 6.07 Å². The molecule has 0 radical (unpaired) electrons. The Labute approximate surface area is 137 Å². The van der Waals surface area contributed by atoms with Gasteiger partial charge in [-0.05, 0) is 24.3 Å². The Balaban J connectivity index is 1.93. The molecule has 0 spiro atoms. The van der Waals surface area contributed by atoms with Crippen LogP contribution in [0.15, 0.2) is 42.5 Å². The number of hydrogen-bond acceptors (Lipinski definition) is 3. The fraction of sp³-hybridized carbons (Fsp3) is 0.125. The van der Waals surface area contributed by atoms with Gasteiger partial charge in [0.15, 0.2) is 0 Å². The number of nitrogens with one attached hydrogen (secondary N) is 2. The van der Waals surface area contributed by atoms with E-state index in [1.807, 2.05) is 0 Å². The van der Waals surface area contributed by atoms with Crippen LogP contribution in [0.5, 0.6) is 0 Å². The van der Waals surface area contributed by atoms with E-state index < -0.39 is 18.0 Å². The molecule has 2 rings (SSSR count). The van der Waals surface area contributed by atoms with Crippen molar-refractivity contribution in [2.75, 3.05) is 11.9 Å². The van der Waals surface area contributed by atoms with Gasteiger partial charge in [-0.1, -0.05) is 29.8 Å². The molecule has 0 heterocycles. The molecule has 0 aliphatic heterocycles. The summed E-state index contributed by atoms with van der Waals surface area (Å²) in [6.07, 6.45) is -0.961. The van der Waals surface area contributed by atoms with E-state index >= 15 is 0 Å². The Kier molecular flexibility index (Phi) is 5.52. The zero-order valence-electron chi connectivity index (χ0n) is 11.9. The Morgan fingerprint density at radius 1 is 1.35 bits per heavy atom. The van der Waals surface area contributed by atoms with E-state index in [0.717, 1.165) is 6.07 Å². The minimum atomic E-state index is -0.961. The maximum atomic E-state index is 13.2. The van der Waals surface area contributed by atoms with Gasteiger partial charge in [-0.2, -0.15) is 5.26 Å². The molecule has 0 saturated heterocycles. The van der Waals surface area contributed by atoms with Crippen molar-refractivity contribution in [1.82, 2.24) is 5.32 Å². The third-order valence-electron chi connectivity index (χ3n) is 3.06. The summed E-state index contributed by atoms with van der Waals surface area (Å²) in [7, 11) is 0. The molecule has 5 nitrogen and oxygen atoms in total. The van der Waals surface area contributed by atoms with Gasteiger partial charge in [0.2, 0.25) is 0 Å². The van der Waals surface area contributed by atoms with E-state index in [4.69, 9.17) is 16.9 Å². The van der Waals surface area contributed by atoms with Crippen LogP contribution in [0, 0.1) is 17.1 Å². The molecule has 23 heavy (non-hydrogen) atoms. The summed E-state index contributed by atoms with van der Waals surface area (Å²) in [4.78, 5) is 11.8. The van der Waals surface area contributed by atoms with Crippen molar-refractivity contribution in [3.05, 3.63) is 64.4 Å². The number of hydrogen-bond donors (Lipinski definition) is 3. The first-order chi connectivity index (χ1) is 11.0. The van der Waals surface area contributed by atoms with Gasteiger partial charge < -0.3 is 15.7 Å². The molecule has 0 fully saturated rings. The number of amides is 2. The van der Waals surface area contributed by atoms with Gasteiger partial charge in [0.1, 0.15) is 11.9 Å². The number of nitriles is 1. The minimum absolute atomic E-state index is 0.0537. The maximum Gasteiger partial charge on any atom is 0.319 e. The van der Waals surface area contributed by atoms with Gasteiger partial charge in [0, 0.05) is 22.8 Å². The summed E-state index contributed by atoms with van der Waals surface area (Å²) in [6, 6.07) is 11.5. The lowest BCUT2D eigenvalue weighted by Gasteiger charge is -2.14. The molecular weight excluding hydrogens is 321 g/mol. The fourth-order valence-electron chi connectivity index (χ4n) is 1.91. The van der Waals surface area contributed by atoms with Crippen LogP contribution in [0.25, 0.3) is 0 Å². The highest BCUT2D eigenvalue weighted by Crippen LogP contribution is 2.21. The van der Waals surface area contributed by atoms with Gasteiger partial charge in [-0.3, -0.25) is 0 Å². The van der Waals surface area contributed by atoms with Crippen molar-refractivity contribution in [3.63, 3.8) is 0 Å². The van der Waals surface area contributed by atoms with Gasteiger partial charge >= 0.3 is 6.03 Å². The Morgan fingerprint density at radius 3 is 2.78 bits per heavy atom. The molecule has 0 saturated carbocycles. The lowest BCUT2D eigenvalue weighted by molar-refractivity contribution is 0.175. The first-order valence-corrected chi connectivity index (χ1v) is 7.06. The lowest BCUT2D eigenvalue weighted by Crippen LogP contribution is -2.32. The highest BCUT2D eigenvalue weighted by molar-refractivity contribution is 6.31. The van der Waals surface area contributed by atoms with Gasteiger partial charge in [0.05, 0.1) is 11.7 Å². The van der Waals surface area contributed by atoms with Gasteiger partial charge in [-0.15, -0.1) is 0 Å². The number of carbonyl (C=O) groups is 1. The van der Waals surface area contributed by atoms with E-state index in [-0.39, 0.29) is 17.8 Å². The first kappa shape index (κ1) is 16.7. The molecule has 2 aromatic rings. The largest absolute Gasteiger partial charge is 0.387 e. The summed E-state index contributed by atoms with van der Waals surface area (Å²) in [5.41, 5.74) is 0.606. The highest BCUT2D eigenvalue weighted by atomic mass is 35.5. The SMILES string of the molecule is N#Cc1cc(NC(=O)NCC(O)c2ccccc2Cl)ccc1F. The average Bonchev–Trinajstić information content (AvgIpc) is 2.55. The second kappa shape index (κ2) is 7.58. The van der Waals surface area contributed by atoms with Crippen molar-refractivity contribution in [2.45, 2.75) is 6.10 Å². The van der Waals surface area contributed by atoms with E-state index in [1.54, 1.807) is 30.3 Å². The standard InChI is InChI=1S/C16H13ClFN3O2/c17-13-4-2-1-3-12(13)15(22)9-20-16(23)21-11-5-6-14(18)10(7-11)8-19/h1-7,15,22H,9H2,(H2,20,21,23). The molecular formula is C16H13ClFN3O2. The van der Waals surface area contributed by atoms with Crippen LogP contribution < -0.4 is 10.6 Å². The van der Waals surface area contributed by atoms with E-state index in [9.17, 15) is 14.3 Å². The second-order valence-corrected chi connectivity index (χ2v) is 5.09. The molecule has 7 heteroatoms. The molecule has 1 unspecified atom stereocenters. The van der Waals surface area contributed by atoms with Crippen LogP contribution in [-0.2, 0) is 0 Å². The molecule has 0 aliphatic rings. The predicted octanol–water partition coefficient (Wildman–Crippen LogP) is 3.21. The average molecular weight is 334 g/mol. The molecule has 2 amide bonds. The van der Waals surface area contributed by atoms with Gasteiger partial charge in [0.25, 0.3) is 0 Å². The molecule has 1 atom stereocenters. The van der Waals surface area contributed by atoms with Crippen molar-refractivity contribution >= 4 is 23.3 Å². The monoisotopic (exact) mass is 333 g/mol. The fourth-order valence-corrected chi connectivity index (χ4v) is 2.17. The Morgan fingerprint density at radius 2 is 2.09 bits per heavy atom. The summed E-state index contributed by atoms with van der Waals surface area (Å²) in [5, 5.41) is 24.1. The zero-order valence-corrected chi connectivity index (χ0v) is 12.6. The van der Waals surface area contributed by atoms with Crippen LogP contribution >= 0.6 is 11.6 Å². The predicted molar refractivity (Wildman–Crippen MR) is 84.5 cm³/mol. The Bertz CT molecular complexity index is 761. The maximum absolute atomic E-state index is 13.2.